The Labute approximate surface area is 120 Å². The fourth-order valence-corrected chi connectivity index (χ4v) is 3.68. The number of nitrogens with zero attached hydrogens (tertiary/aromatic N) is 1. The predicted octanol–water partition coefficient (Wildman–Crippen LogP) is 3.58. The maximum atomic E-state index is 10.8. The first-order valence-corrected chi connectivity index (χ1v) is 7.00. The molecule has 0 unspecified atom stereocenters. The van der Waals surface area contributed by atoms with Gasteiger partial charge in [-0.15, -0.1) is 0 Å². The topological polar surface area (TPSA) is 58.9 Å². The first-order chi connectivity index (χ1) is 9.05. The zero-order valence-corrected chi connectivity index (χ0v) is 12.6. The molecule has 1 aliphatic rings. The maximum Gasteiger partial charge on any atom is 0.235 e. The number of hydrogen-bond acceptors (Lipinski definition) is 4. The van der Waals surface area contributed by atoms with Gasteiger partial charge in [-0.2, -0.15) is 4.99 Å². The number of rotatable bonds is 3. The number of phenols is 1. The number of phenolic OH excluding ortho intramolecular Hbond substituents is 1. The van der Waals surface area contributed by atoms with Gasteiger partial charge in [0.05, 0.1) is 11.6 Å². The van der Waals surface area contributed by atoms with E-state index in [0.29, 0.717) is 15.8 Å². The van der Waals surface area contributed by atoms with Gasteiger partial charge in [0.15, 0.2) is 11.5 Å². The Bertz CT molecular complexity index is 544. The lowest BCUT2D eigenvalue weighted by atomic mass is 9.85. The van der Waals surface area contributed by atoms with Crippen molar-refractivity contribution >= 4 is 22.0 Å². The van der Waals surface area contributed by atoms with Crippen LogP contribution in [0.15, 0.2) is 15.5 Å². The van der Waals surface area contributed by atoms with Crippen LogP contribution >= 0.6 is 15.9 Å². The van der Waals surface area contributed by atoms with Gasteiger partial charge in [0.2, 0.25) is 6.08 Å². The van der Waals surface area contributed by atoms with E-state index in [1.807, 2.05) is 13.0 Å². The number of isocyanates is 1. The summed E-state index contributed by atoms with van der Waals surface area (Å²) in [5, 5.41) is 10.5. The van der Waals surface area contributed by atoms with Crippen molar-refractivity contribution in [2.24, 2.45) is 4.99 Å². The van der Waals surface area contributed by atoms with Crippen molar-refractivity contribution in [3.63, 3.8) is 0 Å². The van der Waals surface area contributed by atoms with Gasteiger partial charge in [-0.3, -0.25) is 0 Å². The summed E-state index contributed by atoms with van der Waals surface area (Å²) in [6, 6.07) is 1.88. The van der Waals surface area contributed by atoms with Gasteiger partial charge in [-0.05, 0) is 47.3 Å². The van der Waals surface area contributed by atoms with E-state index in [-0.39, 0.29) is 5.75 Å². The summed E-state index contributed by atoms with van der Waals surface area (Å²) in [4.78, 5) is 14.8. The van der Waals surface area contributed by atoms with Crippen molar-refractivity contribution < 1.29 is 14.6 Å². The third-order valence-electron chi connectivity index (χ3n) is 3.77. The fourth-order valence-electron chi connectivity index (χ4n) is 2.99. The zero-order chi connectivity index (χ0) is 14.0. The molecule has 0 amide bonds. The zero-order valence-electron chi connectivity index (χ0n) is 11.0. The number of halogens is 1. The smallest absolute Gasteiger partial charge is 0.235 e. The van der Waals surface area contributed by atoms with Crippen LogP contribution in [0.4, 0.5) is 0 Å². The lowest BCUT2D eigenvalue weighted by Gasteiger charge is -2.27. The minimum atomic E-state index is -0.649. The Morgan fingerprint density at radius 1 is 1.47 bits per heavy atom. The summed E-state index contributed by atoms with van der Waals surface area (Å²) in [6.07, 6.45) is 5.15. The molecular weight excluding hydrogens is 310 g/mol. The molecule has 1 aliphatic carbocycles. The Kier molecular flexibility index (Phi) is 3.97. The van der Waals surface area contributed by atoms with E-state index in [0.717, 1.165) is 31.2 Å². The number of aromatic hydroxyl groups is 1. The molecule has 1 aromatic carbocycles. The Morgan fingerprint density at radius 3 is 2.63 bits per heavy atom. The average Bonchev–Trinajstić information content (AvgIpc) is 2.78. The summed E-state index contributed by atoms with van der Waals surface area (Å²) in [6.45, 7) is 1.90. The molecule has 5 heteroatoms. The second-order valence-electron chi connectivity index (χ2n) is 4.87. The maximum absolute atomic E-state index is 10.8. The van der Waals surface area contributed by atoms with Crippen LogP contribution in [-0.2, 0) is 10.3 Å². The second kappa shape index (κ2) is 5.35. The molecular formula is C14H16BrNO3. The molecule has 0 radical (unpaired) electrons. The normalized spacial score (nSPS) is 17.0. The van der Waals surface area contributed by atoms with Gasteiger partial charge in [0.1, 0.15) is 5.54 Å². The van der Waals surface area contributed by atoms with Crippen molar-refractivity contribution in [2.45, 2.75) is 38.1 Å². The van der Waals surface area contributed by atoms with Crippen LogP contribution in [0.3, 0.4) is 0 Å². The number of ether oxygens (including phenoxy) is 1. The monoisotopic (exact) mass is 325 g/mol. The summed E-state index contributed by atoms with van der Waals surface area (Å²) in [5.74, 6) is 0.447. The molecule has 4 nitrogen and oxygen atoms in total. The predicted molar refractivity (Wildman–Crippen MR) is 75.4 cm³/mol. The molecule has 1 saturated carbocycles. The first-order valence-electron chi connectivity index (χ1n) is 6.21. The van der Waals surface area contributed by atoms with Crippen molar-refractivity contribution in [1.82, 2.24) is 0 Å². The molecule has 1 N–H and O–H groups in total. The van der Waals surface area contributed by atoms with Gasteiger partial charge in [-0.1, -0.05) is 12.8 Å². The summed E-state index contributed by atoms with van der Waals surface area (Å²) in [5.41, 5.74) is 0.934. The minimum absolute atomic E-state index is 0.0651. The van der Waals surface area contributed by atoms with E-state index in [9.17, 15) is 9.90 Å². The third kappa shape index (κ3) is 2.28. The van der Waals surface area contributed by atoms with Crippen LogP contribution in [0, 0.1) is 6.92 Å². The van der Waals surface area contributed by atoms with E-state index >= 15 is 0 Å². The van der Waals surface area contributed by atoms with E-state index in [1.54, 1.807) is 6.08 Å². The quantitative estimate of drug-likeness (QED) is 0.682. The number of aryl methyl sites for hydroxylation is 1. The number of methoxy groups -OCH3 is 1. The molecule has 1 fully saturated rings. The van der Waals surface area contributed by atoms with Gasteiger partial charge in [-0.25, -0.2) is 4.79 Å². The lowest BCUT2D eigenvalue weighted by molar-refractivity contribution is 0.352. The van der Waals surface area contributed by atoms with Crippen LogP contribution in [0.1, 0.15) is 36.8 Å². The third-order valence-corrected chi connectivity index (χ3v) is 4.36. The number of carbonyl (C=O) groups excluding carboxylic acids is 1. The molecule has 0 spiro atoms. The molecule has 0 saturated heterocycles. The summed E-state index contributed by atoms with van der Waals surface area (Å²) < 4.78 is 5.91. The van der Waals surface area contributed by atoms with E-state index in [2.05, 4.69) is 20.9 Å². The Morgan fingerprint density at radius 2 is 2.11 bits per heavy atom. The van der Waals surface area contributed by atoms with Gasteiger partial charge in [0.25, 0.3) is 0 Å². The van der Waals surface area contributed by atoms with Gasteiger partial charge < -0.3 is 9.84 Å². The van der Waals surface area contributed by atoms with Crippen LogP contribution < -0.4 is 4.74 Å². The molecule has 0 heterocycles. The van der Waals surface area contributed by atoms with Crippen LogP contribution in [0.2, 0.25) is 0 Å². The highest BCUT2D eigenvalue weighted by Crippen LogP contribution is 2.51. The van der Waals surface area contributed by atoms with Crippen LogP contribution in [0.5, 0.6) is 11.5 Å². The molecule has 0 atom stereocenters. The molecule has 2 rings (SSSR count). The largest absolute Gasteiger partial charge is 0.504 e. The Hall–Kier alpha value is -1.32. The number of benzene rings is 1. The number of hydrogen-bond donors (Lipinski definition) is 1. The summed E-state index contributed by atoms with van der Waals surface area (Å²) >= 11 is 3.36. The average molecular weight is 326 g/mol. The minimum Gasteiger partial charge on any atom is -0.504 e. The Balaban J connectivity index is 2.70. The molecule has 19 heavy (non-hydrogen) atoms. The van der Waals surface area contributed by atoms with Crippen molar-refractivity contribution in [2.75, 3.05) is 7.11 Å². The molecule has 102 valence electrons. The highest BCUT2D eigenvalue weighted by Gasteiger charge is 2.40. The number of aliphatic imine (C=N–C) groups is 1. The van der Waals surface area contributed by atoms with Crippen molar-refractivity contribution in [3.05, 3.63) is 21.7 Å². The van der Waals surface area contributed by atoms with Crippen LogP contribution in [0.25, 0.3) is 0 Å². The van der Waals surface area contributed by atoms with E-state index in [4.69, 9.17) is 4.74 Å². The SMILES string of the molecule is COc1c(Br)cc(C)c(C2(N=C=O)CCCC2)c1O. The van der Waals surface area contributed by atoms with Gasteiger partial charge in [0, 0.05) is 5.56 Å². The molecule has 0 aromatic heterocycles. The summed E-state index contributed by atoms with van der Waals surface area (Å²) in [7, 11) is 1.50. The first kappa shape index (κ1) is 14.1. The molecule has 1 aromatic rings. The lowest BCUT2D eigenvalue weighted by Crippen LogP contribution is -2.21. The van der Waals surface area contributed by atoms with E-state index < -0.39 is 5.54 Å². The standard InChI is InChI=1S/C14H16BrNO3/c1-9-7-10(15)13(19-2)12(18)11(9)14(16-8-17)5-3-4-6-14/h7,18H,3-6H2,1-2H3. The van der Waals surface area contributed by atoms with E-state index in [1.165, 1.54) is 7.11 Å². The molecule has 0 bridgehead atoms. The highest BCUT2D eigenvalue weighted by atomic mass is 79.9. The highest BCUT2D eigenvalue weighted by molar-refractivity contribution is 9.10. The van der Waals surface area contributed by atoms with Crippen molar-refractivity contribution in [3.8, 4) is 11.5 Å². The fraction of sp³-hybridized carbons (Fsp3) is 0.500. The second-order valence-corrected chi connectivity index (χ2v) is 5.73. The molecule has 0 aliphatic heterocycles. The van der Waals surface area contributed by atoms with Gasteiger partial charge >= 0.3 is 0 Å². The van der Waals surface area contributed by atoms with Crippen molar-refractivity contribution in [1.29, 1.82) is 0 Å². The van der Waals surface area contributed by atoms with Crippen LogP contribution in [-0.4, -0.2) is 18.3 Å².